The van der Waals surface area contributed by atoms with Crippen LogP contribution < -0.4 is 9.47 Å². The fraction of sp³-hybridized carbons (Fsp3) is 0.333. The van der Waals surface area contributed by atoms with E-state index in [4.69, 9.17) is 21.1 Å². The Kier molecular flexibility index (Phi) is 5.18. The molecule has 0 radical (unpaired) electrons. The lowest BCUT2D eigenvalue weighted by atomic mass is 10.2. The number of hydrogen-bond donors (Lipinski definition) is 0. The summed E-state index contributed by atoms with van der Waals surface area (Å²) in [4.78, 5) is 8.43. The predicted molar refractivity (Wildman–Crippen MR) is 78.6 cm³/mol. The second-order valence-corrected chi connectivity index (χ2v) is 4.68. The van der Waals surface area contributed by atoms with Crippen LogP contribution in [0.5, 0.6) is 11.6 Å². The zero-order valence-corrected chi connectivity index (χ0v) is 12.4. The summed E-state index contributed by atoms with van der Waals surface area (Å²) in [7, 11) is 0. The van der Waals surface area contributed by atoms with E-state index in [1.165, 1.54) is 5.56 Å². The van der Waals surface area contributed by atoms with Gasteiger partial charge in [-0.1, -0.05) is 23.7 Å². The van der Waals surface area contributed by atoms with Gasteiger partial charge in [0.25, 0.3) is 0 Å². The highest BCUT2D eigenvalue weighted by Crippen LogP contribution is 2.15. The number of ether oxygens (including phenoxy) is 2. The zero-order chi connectivity index (χ0) is 14.4. The SMILES string of the molecule is CCOc1cc(Cl)nc(CCOc2cccc(C)c2)n1. The van der Waals surface area contributed by atoms with E-state index in [0.717, 1.165) is 5.75 Å². The Hall–Kier alpha value is -1.81. The number of nitrogens with zero attached hydrogens (tertiary/aromatic N) is 2. The Bertz CT molecular complexity index is 576. The molecule has 0 aliphatic heterocycles. The van der Waals surface area contributed by atoms with Crippen molar-refractivity contribution in [3.63, 3.8) is 0 Å². The van der Waals surface area contributed by atoms with Crippen LogP contribution in [0.25, 0.3) is 0 Å². The van der Waals surface area contributed by atoms with Crippen molar-refractivity contribution < 1.29 is 9.47 Å². The molecule has 1 heterocycles. The molecule has 2 rings (SSSR count). The Balaban J connectivity index is 1.93. The van der Waals surface area contributed by atoms with Gasteiger partial charge in [0.1, 0.15) is 16.7 Å². The standard InChI is InChI=1S/C15H17ClN2O2/c1-3-19-15-10-13(16)17-14(18-15)7-8-20-12-6-4-5-11(2)9-12/h4-6,9-10H,3,7-8H2,1-2H3. The summed E-state index contributed by atoms with van der Waals surface area (Å²) in [5, 5.41) is 0.383. The normalized spacial score (nSPS) is 10.3. The zero-order valence-electron chi connectivity index (χ0n) is 11.6. The Labute approximate surface area is 123 Å². The van der Waals surface area contributed by atoms with Crippen LogP contribution in [0.15, 0.2) is 30.3 Å². The topological polar surface area (TPSA) is 44.2 Å². The van der Waals surface area contributed by atoms with Crippen LogP contribution in [-0.4, -0.2) is 23.2 Å². The fourth-order valence-electron chi connectivity index (χ4n) is 1.74. The molecule has 0 N–H and O–H groups in total. The maximum atomic E-state index is 5.93. The van der Waals surface area contributed by atoms with Crippen molar-refractivity contribution in [2.75, 3.05) is 13.2 Å². The molecule has 106 valence electrons. The minimum atomic E-state index is 0.383. The van der Waals surface area contributed by atoms with Crippen molar-refractivity contribution in [3.05, 3.63) is 46.9 Å². The van der Waals surface area contributed by atoms with Crippen LogP contribution in [0.4, 0.5) is 0 Å². The number of aryl methyl sites for hydroxylation is 1. The second-order valence-electron chi connectivity index (χ2n) is 4.29. The molecule has 0 spiro atoms. The van der Waals surface area contributed by atoms with E-state index in [9.17, 15) is 0 Å². The summed E-state index contributed by atoms with van der Waals surface area (Å²) < 4.78 is 11.0. The molecule has 0 aliphatic carbocycles. The second kappa shape index (κ2) is 7.10. The molecule has 1 aromatic carbocycles. The lowest BCUT2D eigenvalue weighted by Crippen LogP contribution is -2.06. The van der Waals surface area contributed by atoms with Gasteiger partial charge in [-0.05, 0) is 31.5 Å². The molecule has 0 saturated carbocycles. The average Bonchev–Trinajstić information content (AvgIpc) is 2.38. The lowest BCUT2D eigenvalue weighted by molar-refractivity contribution is 0.311. The quantitative estimate of drug-likeness (QED) is 0.765. The maximum absolute atomic E-state index is 5.93. The van der Waals surface area contributed by atoms with Crippen LogP contribution in [-0.2, 0) is 6.42 Å². The Morgan fingerprint density at radius 3 is 2.75 bits per heavy atom. The summed E-state index contributed by atoms with van der Waals surface area (Å²) in [6.45, 7) is 4.97. The molecule has 0 unspecified atom stereocenters. The average molecular weight is 293 g/mol. The molecule has 0 bridgehead atoms. The molecule has 0 amide bonds. The Morgan fingerprint density at radius 1 is 1.15 bits per heavy atom. The van der Waals surface area contributed by atoms with Crippen molar-refractivity contribution in [1.29, 1.82) is 0 Å². The third-order valence-corrected chi connectivity index (χ3v) is 2.79. The molecule has 0 saturated heterocycles. The molecule has 0 atom stereocenters. The molecular weight excluding hydrogens is 276 g/mol. The summed E-state index contributed by atoms with van der Waals surface area (Å²) in [5.74, 6) is 1.96. The van der Waals surface area contributed by atoms with E-state index >= 15 is 0 Å². The molecule has 20 heavy (non-hydrogen) atoms. The van der Waals surface area contributed by atoms with Gasteiger partial charge in [0.05, 0.1) is 13.2 Å². The van der Waals surface area contributed by atoms with Gasteiger partial charge in [0.15, 0.2) is 0 Å². The van der Waals surface area contributed by atoms with Crippen molar-refractivity contribution >= 4 is 11.6 Å². The smallest absolute Gasteiger partial charge is 0.218 e. The highest BCUT2D eigenvalue weighted by molar-refractivity contribution is 6.29. The van der Waals surface area contributed by atoms with E-state index in [0.29, 0.717) is 36.5 Å². The lowest BCUT2D eigenvalue weighted by Gasteiger charge is -2.08. The van der Waals surface area contributed by atoms with E-state index < -0.39 is 0 Å². The van der Waals surface area contributed by atoms with Crippen LogP contribution in [0.2, 0.25) is 5.15 Å². The maximum Gasteiger partial charge on any atom is 0.218 e. The third kappa shape index (κ3) is 4.38. The highest BCUT2D eigenvalue weighted by Gasteiger charge is 2.04. The van der Waals surface area contributed by atoms with E-state index in [1.807, 2.05) is 38.1 Å². The first-order valence-corrected chi connectivity index (χ1v) is 6.91. The largest absolute Gasteiger partial charge is 0.493 e. The first-order chi connectivity index (χ1) is 9.67. The van der Waals surface area contributed by atoms with Crippen LogP contribution in [0.3, 0.4) is 0 Å². The summed E-state index contributed by atoms with van der Waals surface area (Å²) in [6.07, 6.45) is 0.578. The molecule has 0 fully saturated rings. The molecule has 4 nitrogen and oxygen atoms in total. The minimum Gasteiger partial charge on any atom is -0.493 e. The highest BCUT2D eigenvalue weighted by atomic mass is 35.5. The van der Waals surface area contributed by atoms with E-state index in [-0.39, 0.29) is 0 Å². The van der Waals surface area contributed by atoms with Crippen LogP contribution in [0.1, 0.15) is 18.3 Å². The van der Waals surface area contributed by atoms with Crippen molar-refractivity contribution in [2.45, 2.75) is 20.3 Å². The number of halogens is 1. The summed E-state index contributed by atoms with van der Waals surface area (Å²) in [5.41, 5.74) is 1.17. The predicted octanol–water partition coefficient (Wildman–Crippen LogP) is 3.46. The molecule has 2 aromatic rings. The van der Waals surface area contributed by atoms with E-state index in [1.54, 1.807) is 6.07 Å². The van der Waals surface area contributed by atoms with Crippen LogP contribution >= 0.6 is 11.6 Å². The minimum absolute atomic E-state index is 0.383. The number of hydrogen-bond acceptors (Lipinski definition) is 4. The molecule has 1 aromatic heterocycles. The molecule has 0 aliphatic rings. The third-order valence-electron chi connectivity index (χ3n) is 2.59. The Morgan fingerprint density at radius 2 is 2.00 bits per heavy atom. The number of rotatable bonds is 6. The fourth-order valence-corrected chi connectivity index (χ4v) is 1.93. The summed E-state index contributed by atoms with van der Waals surface area (Å²) in [6, 6.07) is 9.52. The van der Waals surface area contributed by atoms with Gasteiger partial charge in [0.2, 0.25) is 5.88 Å². The van der Waals surface area contributed by atoms with E-state index in [2.05, 4.69) is 9.97 Å². The molecule has 5 heteroatoms. The number of aromatic nitrogens is 2. The monoisotopic (exact) mass is 292 g/mol. The van der Waals surface area contributed by atoms with Crippen molar-refractivity contribution in [1.82, 2.24) is 9.97 Å². The van der Waals surface area contributed by atoms with Gasteiger partial charge >= 0.3 is 0 Å². The van der Waals surface area contributed by atoms with Gasteiger partial charge in [0, 0.05) is 12.5 Å². The van der Waals surface area contributed by atoms with Gasteiger partial charge in [-0.15, -0.1) is 0 Å². The van der Waals surface area contributed by atoms with Gasteiger partial charge < -0.3 is 9.47 Å². The summed E-state index contributed by atoms with van der Waals surface area (Å²) >= 11 is 5.93. The van der Waals surface area contributed by atoms with Gasteiger partial charge in [-0.3, -0.25) is 0 Å². The molecular formula is C15H17ClN2O2. The van der Waals surface area contributed by atoms with Gasteiger partial charge in [-0.2, -0.15) is 4.98 Å². The van der Waals surface area contributed by atoms with Crippen molar-refractivity contribution in [3.8, 4) is 11.6 Å². The first kappa shape index (κ1) is 14.6. The van der Waals surface area contributed by atoms with Crippen LogP contribution in [0, 0.1) is 6.92 Å². The van der Waals surface area contributed by atoms with Crippen molar-refractivity contribution in [2.24, 2.45) is 0 Å². The first-order valence-electron chi connectivity index (χ1n) is 6.53. The number of benzene rings is 1. The van der Waals surface area contributed by atoms with Gasteiger partial charge in [-0.25, -0.2) is 4.98 Å².